The lowest BCUT2D eigenvalue weighted by atomic mass is 9.97. The minimum Gasteiger partial charge on any atom is -0.497 e. The first-order valence-corrected chi connectivity index (χ1v) is 10.2. The van der Waals surface area contributed by atoms with Crippen molar-refractivity contribution in [1.29, 1.82) is 0 Å². The number of amides is 1. The van der Waals surface area contributed by atoms with Crippen LogP contribution in [0.5, 0.6) is 5.75 Å². The number of rotatable bonds is 5. The number of hydrogen-bond acceptors (Lipinski definition) is 5. The number of anilines is 2. The first kappa shape index (κ1) is 19.9. The number of nitrogens with zero attached hydrogens (tertiary/aromatic N) is 3. The number of aromatic nitrogens is 2. The number of hydrogen-bond donors (Lipinski definition) is 1. The molecule has 1 amide bonds. The van der Waals surface area contributed by atoms with Gasteiger partial charge in [0.15, 0.2) is 5.82 Å². The summed E-state index contributed by atoms with van der Waals surface area (Å²) in [5.41, 5.74) is 3.90. The molecule has 0 radical (unpaired) electrons. The molecule has 0 unspecified atom stereocenters. The molecule has 1 fully saturated rings. The molecule has 30 heavy (non-hydrogen) atoms. The Balaban J connectivity index is 1.40. The van der Waals surface area contributed by atoms with Crippen LogP contribution in [0.15, 0.2) is 60.7 Å². The molecular weight excluding hydrogens is 376 g/mol. The Morgan fingerprint density at radius 1 is 1.03 bits per heavy atom. The van der Waals surface area contributed by atoms with Gasteiger partial charge in [-0.1, -0.05) is 29.8 Å². The normalized spacial score (nSPS) is 16.2. The quantitative estimate of drug-likeness (QED) is 0.689. The van der Waals surface area contributed by atoms with Gasteiger partial charge in [-0.3, -0.25) is 4.79 Å². The van der Waals surface area contributed by atoms with E-state index in [0.717, 1.165) is 47.9 Å². The summed E-state index contributed by atoms with van der Waals surface area (Å²) in [6.45, 7) is 3.58. The molecular formula is C24H26N4O2. The molecule has 1 saturated heterocycles. The van der Waals surface area contributed by atoms with Crippen molar-refractivity contribution in [2.75, 3.05) is 30.4 Å². The first-order valence-electron chi connectivity index (χ1n) is 10.2. The van der Waals surface area contributed by atoms with E-state index in [-0.39, 0.29) is 11.8 Å². The molecule has 2 aromatic carbocycles. The van der Waals surface area contributed by atoms with Gasteiger partial charge in [-0.25, -0.2) is 0 Å². The summed E-state index contributed by atoms with van der Waals surface area (Å²) >= 11 is 0. The van der Waals surface area contributed by atoms with Crippen LogP contribution in [-0.2, 0) is 4.79 Å². The van der Waals surface area contributed by atoms with Gasteiger partial charge in [0.05, 0.1) is 18.7 Å². The van der Waals surface area contributed by atoms with Gasteiger partial charge in [0.25, 0.3) is 0 Å². The lowest BCUT2D eigenvalue weighted by Gasteiger charge is -2.32. The van der Waals surface area contributed by atoms with E-state index in [1.54, 1.807) is 7.11 Å². The molecule has 0 spiro atoms. The topological polar surface area (TPSA) is 67.3 Å². The Bertz CT molecular complexity index is 985. The van der Waals surface area contributed by atoms with Crippen molar-refractivity contribution in [3.05, 3.63) is 66.2 Å². The zero-order valence-corrected chi connectivity index (χ0v) is 17.3. The van der Waals surface area contributed by atoms with Crippen LogP contribution in [0.1, 0.15) is 18.4 Å². The number of methoxy groups -OCH3 is 1. The second kappa shape index (κ2) is 8.95. The van der Waals surface area contributed by atoms with Gasteiger partial charge in [-0.15, -0.1) is 10.2 Å². The number of piperidine rings is 1. The lowest BCUT2D eigenvalue weighted by Crippen LogP contribution is -2.41. The summed E-state index contributed by atoms with van der Waals surface area (Å²) in [4.78, 5) is 14.9. The molecule has 0 aliphatic carbocycles. The average molecular weight is 402 g/mol. The highest BCUT2D eigenvalue weighted by molar-refractivity contribution is 5.93. The summed E-state index contributed by atoms with van der Waals surface area (Å²) in [5, 5.41) is 11.8. The van der Waals surface area contributed by atoms with Crippen LogP contribution in [0, 0.1) is 12.8 Å². The summed E-state index contributed by atoms with van der Waals surface area (Å²) < 4.78 is 5.16. The Kier molecular flexibility index (Phi) is 5.93. The number of carbonyl (C=O) groups excluding carboxylic acids is 1. The SMILES string of the molecule is COc1ccc(NC(=O)[C@@H]2CCCN(c3ccc(-c4ccc(C)cc4)nn3)C2)cc1. The van der Waals surface area contributed by atoms with Crippen molar-refractivity contribution in [1.82, 2.24) is 10.2 Å². The molecule has 0 bridgehead atoms. The van der Waals surface area contributed by atoms with E-state index in [1.807, 2.05) is 36.4 Å². The van der Waals surface area contributed by atoms with Gasteiger partial charge in [-0.2, -0.15) is 0 Å². The van der Waals surface area contributed by atoms with Gasteiger partial charge >= 0.3 is 0 Å². The van der Waals surface area contributed by atoms with Crippen molar-refractivity contribution in [3.8, 4) is 17.0 Å². The van der Waals surface area contributed by atoms with Crippen LogP contribution in [0.2, 0.25) is 0 Å². The molecule has 1 aromatic heterocycles. The van der Waals surface area contributed by atoms with Crippen LogP contribution in [0.4, 0.5) is 11.5 Å². The number of ether oxygens (including phenoxy) is 1. The Labute approximate surface area is 176 Å². The van der Waals surface area contributed by atoms with Crippen LogP contribution in [0.3, 0.4) is 0 Å². The van der Waals surface area contributed by atoms with E-state index < -0.39 is 0 Å². The van der Waals surface area contributed by atoms with Gasteiger partial charge < -0.3 is 15.0 Å². The maximum absolute atomic E-state index is 12.8. The highest BCUT2D eigenvalue weighted by Crippen LogP contribution is 2.25. The van der Waals surface area contributed by atoms with Gasteiger partial charge in [0.2, 0.25) is 5.91 Å². The molecule has 2 heterocycles. The van der Waals surface area contributed by atoms with Crippen LogP contribution < -0.4 is 15.0 Å². The van der Waals surface area contributed by atoms with Gasteiger partial charge in [0, 0.05) is 24.3 Å². The summed E-state index contributed by atoms with van der Waals surface area (Å²) in [6, 6.07) is 19.6. The predicted molar refractivity (Wildman–Crippen MR) is 119 cm³/mol. The highest BCUT2D eigenvalue weighted by Gasteiger charge is 2.27. The van der Waals surface area contributed by atoms with E-state index >= 15 is 0 Å². The Hall–Kier alpha value is -3.41. The Morgan fingerprint density at radius 3 is 2.47 bits per heavy atom. The highest BCUT2D eigenvalue weighted by atomic mass is 16.5. The molecule has 1 aliphatic rings. The summed E-state index contributed by atoms with van der Waals surface area (Å²) in [5.74, 6) is 1.53. The predicted octanol–water partition coefficient (Wildman–Crippen LogP) is 4.32. The molecule has 1 N–H and O–H groups in total. The fourth-order valence-electron chi connectivity index (χ4n) is 3.69. The number of aryl methyl sites for hydroxylation is 1. The van der Waals surface area contributed by atoms with Gasteiger partial charge in [0.1, 0.15) is 5.75 Å². The fraction of sp³-hybridized carbons (Fsp3) is 0.292. The van der Waals surface area contributed by atoms with Crippen molar-refractivity contribution >= 4 is 17.4 Å². The molecule has 6 heteroatoms. The summed E-state index contributed by atoms with van der Waals surface area (Å²) in [6.07, 6.45) is 1.81. The third kappa shape index (κ3) is 4.59. The monoisotopic (exact) mass is 402 g/mol. The maximum Gasteiger partial charge on any atom is 0.229 e. The van der Waals surface area contributed by atoms with E-state index in [9.17, 15) is 4.79 Å². The third-order valence-electron chi connectivity index (χ3n) is 5.47. The maximum atomic E-state index is 12.8. The number of nitrogens with one attached hydrogen (secondary N) is 1. The first-order chi connectivity index (χ1) is 14.6. The second-order valence-electron chi connectivity index (χ2n) is 7.65. The lowest BCUT2D eigenvalue weighted by molar-refractivity contribution is -0.120. The van der Waals surface area contributed by atoms with Crippen molar-refractivity contribution in [2.24, 2.45) is 5.92 Å². The standard InChI is InChI=1S/C24H26N4O2/c1-17-5-7-18(8-6-17)22-13-14-23(27-26-22)28-15-3-4-19(16-28)24(29)25-20-9-11-21(30-2)12-10-20/h5-14,19H,3-4,15-16H2,1-2H3,(H,25,29)/t19-/m1/s1. The van der Waals surface area contributed by atoms with E-state index in [1.165, 1.54) is 5.56 Å². The zero-order valence-electron chi connectivity index (χ0n) is 17.3. The molecule has 3 aromatic rings. The summed E-state index contributed by atoms with van der Waals surface area (Å²) in [7, 11) is 1.63. The van der Waals surface area contributed by atoms with E-state index in [0.29, 0.717) is 6.54 Å². The molecule has 0 saturated carbocycles. The van der Waals surface area contributed by atoms with Gasteiger partial charge in [-0.05, 0) is 56.2 Å². The molecule has 154 valence electrons. The van der Waals surface area contributed by atoms with Crippen molar-refractivity contribution < 1.29 is 9.53 Å². The second-order valence-corrected chi connectivity index (χ2v) is 7.65. The molecule has 1 atom stereocenters. The van der Waals surface area contributed by atoms with Crippen molar-refractivity contribution in [2.45, 2.75) is 19.8 Å². The van der Waals surface area contributed by atoms with Crippen LogP contribution in [-0.4, -0.2) is 36.3 Å². The van der Waals surface area contributed by atoms with E-state index in [2.05, 4.69) is 51.6 Å². The van der Waals surface area contributed by atoms with E-state index in [4.69, 9.17) is 4.74 Å². The molecule has 6 nitrogen and oxygen atoms in total. The zero-order chi connectivity index (χ0) is 20.9. The molecule has 1 aliphatic heterocycles. The number of carbonyl (C=O) groups is 1. The average Bonchev–Trinajstić information content (AvgIpc) is 2.80. The largest absolute Gasteiger partial charge is 0.497 e. The minimum absolute atomic E-state index is 0.0362. The minimum atomic E-state index is -0.0839. The smallest absolute Gasteiger partial charge is 0.229 e. The Morgan fingerprint density at radius 2 is 1.80 bits per heavy atom. The van der Waals surface area contributed by atoms with Crippen LogP contribution in [0.25, 0.3) is 11.3 Å². The molecule has 4 rings (SSSR count). The third-order valence-corrected chi connectivity index (χ3v) is 5.47. The van der Waals surface area contributed by atoms with Crippen molar-refractivity contribution in [3.63, 3.8) is 0 Å². The van der Waals surface area contributed by atoms with Crippen LogP contribution >= 0.6 is 0 Å². The fourth-order valence-corrected chi connectivity index (χ4v) is 3.69. The number of benzene rings is 2.